The minimum Gasteiger partial charge on any atom is -0.545 e. The van der Waals surface area contributed by atoms with Crippen LogP contribution >= 0.6 is 11.3 Å². The summed E-state index contributed by atoms with van der Waals surface area (Å²) in [6, 6.07) is 2.56. The molecule has 1 aromatic heterocycles. The number of hydrogen-bond donors (Lipinski definition) is 0. The van der Waals surface area contributed by atoms with Crippen LogP contribution in [0.3, 0.4) is 0 Å². The van der Waals surface area contributed by atoms with E-state index in [-0.39, 0.29) is 54.3 Å². The van der Waals surface area contributed by atoms with Gasteiger partial charge in [0.2, 0.25) is 0 Å². The molecule has 14 heavy (non-hydrogen) atoms. The summed E-state index contributed by atoms with van der Waals surface area (Å²) < 4.78 is 35.0. The van der Waals surface area contributed by atoms with Gasteiger partial charge in [-0.2, -0.15) is 13.2 Å². The van der Waals surface area contributed by atoms with Crippen LogP contribution in [-0.2, 0) is 4.79 Å². The van der Waals surface area contributed by atoms with E-state index in [0.717, 1.165) is 17.4 Å². The molecule has 0 amide bonds. The maximum absolute atomic E-state index is 11.7. The van der Waals surface area contributed by atoms with Crippen molar-refractivity contribution in [1.82, 2.24) is 0 Å². The first kappa shape index (κ1) is 16.8. The van der Waals surface area contributed by atoms with Gasteiger partial charge in [-0.25, -0.2) is 0 Å². The topological polar surface area (TPSA) is 34.1 Å². The summed E-state index contributed by atoms with van der Waals surface area (Å²) in [5.41, 5.74) is 0. The standard InChI is InChI=1S/C6H3F3OS.CHO.Eu/c7-6(8,9)5(10)4-2-1-3-11-4;1-2;/h1-3H;1H;/q;-1;. The third kappa shape index (κ3) is 5.33. The second kappa shape index (κ2) is 7.67. The monoisotopic (exact) mass is 362 g/mol. The Morgan fingerprint density at radius 1 is 1.36 bits per heavy atom. The van der Waals surface area contributed by atoms with E-state index >= 15 is 0 Å². The molecule has 0 aliphatic rings. The zero-order valence-electron chi connectivity index (χ0n) is 6.55. The minimum absolute atomic E-state index is 0. The number of halogens is 3. The van der Waals surface area contributed by atoms with Crippen LogP contribution < -0.4 is 0 Å². The zero-order chi connectivity index (χ0) is 10.5. The van der Waals surface area contributed by atoms with Crippen LogP contribution in [0.15, 0.2) is 17.5 Å². The molecule has 0 N–H and O–H groups in total. The van der Waals surface area contributed by atoms with Gasteiger partial charge in [-0.05, 0) is 11.4 Å². The first-order valence-electron chi connectivity index (χ1n) is 2.90. The Hall–Kier alpha value is 0.414. The first-order valence-corrected chi connectivity index (χ1v) is 3.78. The molecule has 2 nitrogen and oxygen atoms in total. The summed E-state index contributed by atoms with van der Waals surface area (Å²) >= 11 is 0.788. The molecule has 7 heteroatoms. The van der Waals surface area contributed by atoms with Crippen molar-refractivity contribution in [3.63, 3.8) is 0 Å². The number of Topliss-reactive ketones (excluding diaryl/α,β-unsaturated/α-hetero) is 1. The Kier molecular flexibility index (Phi) is 9.22. The van der Waals surface area contributed by atoms with Gasteiger partial charge in [0, 0.05) is 49.4 Å². The van der Waals surface area contributed by atoms with Gasteiger partial charge in [0.1, 0.15) is 0 Å². The summed E-state index contributed by atoms with van der Waals surface area (Å²) in [7, 11) is 0. The fraction of sp³-hybridized carbons (Fsp3) is 0.143. The molecule has 0 unspecified atom stereocenters. The van der Waals surface area contributed by atoms with E-state index in [4.69, 9.17) is 4.79 Å². The number of hydrogen-bond acceptors (Lipinski definition) is 3. The third-order valence-corrected chi connectivity index (χ3v) is 1.87. The Morgan fingerprint density at radius 3 is 2.14 bits per heavy atom. The summed E-state index contributed by atoms with van der Waals surface area (Å²) in [6.07, 6.45) is -4.75. The molecule has 0 aliphatic carbocycles. The van der Waals surface area contributed by atoms with Crippen LogP contribution in [0.1, 0.15) is 9.67 Å². The number of carbonyl (C=O) groups excluding carboxylic acids is 2. The largest absolute Gasteiger partial charge is 0.545 e. The molecule has 0 fully saturated rings. The van der Waals surface area contributed by atoms with Crippen molar-refractivity contribution in [2.45, 2.75) is 6.18 Å². The number of ketones is 1. The molecular weight excluding hydrogens is 357 g/mol. The van der Waals surface area contributed by atoms with Gasteiger partial charge in [0.25, 0.3) is 5.78 Å². The first-order chi connectivity index (χ1) is 6.02. The summed E-state index contributed by atoms with van der Waals surface area (Å²) in [4.78, 5) is 17.9. The fourth-order valence-electron chi connectivity index (χ4n) is 0.547. The Balaban J connectivity index is 0. The normalized spacial score (nSPS) is 9.36. The van der Waals surface area contributed by atoms with E-state index in [0.29, 0.717) is 0 Å². The molecule has 0 saturated heterocycles. The second-order valence-corrected chi connectivity index (χ2v) is 2.75. The Bertz CT molecular complexity index is 271. The van der Waals surface area contributed by atoms with Crippen molar-refractivity contribution >= 4 is 23.9 Å². The summed E-state index contributed by atoms with van der Waals surface area (Å²) in [6.45, 7) is 3.25. The maximum atomic E-state index is 11.7. The number of thiophene rings is 1. The van der Waals surface area contributed by atoms with Crippen LogP contribution in [0, 0.1) is 49.4 Å². The molecule has 0 bridgehead atoms. The fourth-order valence-corrected chi connectivity index (χ4v) is 1.23. The minimum atomic E-state index is -4.75. The molecule has 0 atom stereocenters. The summed E-state index contributed by atoms with van der Waals surface area (Å²) in [5, 5.41) is 1.43. The molecule has 1 rings (SSSR count). The number of carbonyl (C=O) groups is 1. The van der Waals surface area contributed by atoms with Crippen molar-refractivity contribution < 1.29 is 72.1 Å². The molecule has 0 aliphatic heterocycles. The van der Waals surface area contributed by atoms with Crippen LogP contribution in [-0.4, -0.2) is 18.7 Å². The van der Waals surface area contributed by atoms with Gasteiger partial charge in [-0.3, -0.25) is 11.6 Å². The zero-order valence-corrected chi connectivity index (χ0v) is 9.79. The van der Waals surface area contributed by atoms with Crippen molar-refractivity contribution in [3.8, 4) is 0 Å². The molecule has 0 aromatic carbocycles. The van der Waals surface area contributed by atoms with Gasteiger partial charge in [0.05, 0.1) is 4.88 Å². The predicted molar refractivity (Wildman–Crippen MR) is 41.5 cm³/mol. The van der Waals surface area contributed by atoms with Crippen LogP contribution in [0.5, 0.6) is 0 Å². The smallest absolute Gasteiger partial charge is 0.455 e. The maximum Gasteiger partial charge on any atom is 0.455 e. The van der Waals surface area contributed by atoms with Gasteiger partial charge in [0.15, 0.2) is 0 Å². The molecule has 0 spiro atoms. The van der Waals surface area contributed by atoms with Gasteiger partial charge in [-0.15, -0.1) is 11.3 Å². The molecule has 1 radical (unpaired) electrons. The second-order valence-electron chi connectivity index (χ2n) is 1.80. The van der Waals surface area contributed by atoms with Crippen LogP contribution in [0.2, 0.25) is 0 Å². The predicted octanol–water partition coefficient (Wildman–Crippen LogP) is 2.22. The Labute approximate surface area is 123 Å². The SMILES string of the molecule is O=C(c1cccs1)C(F)(F)F.[CH-]=O.[Eu]. The van der Waals surface area contributed by atoms with Gasteiger partial charge < -0.3 is 4.79 Å². The van der Waals surface area contributed by atoms with E-state index in [1.807, 2.05) is 0 Å². The number of rotatable bonds is 1. The van der Waals surface area contributed by atoms with E-state index < -0.39 is 12.0 Å². The molecule has 79 valence electrons. The quantitative estimate of drug-likeness (QED) is 0.437. The van der Waals surface area contributed by atoms with Crippen LogP contribution in [0.25, 0.3) is 0 Å². The van der Waals surface area contributed by atoms with Crippen molar-refractivity contribution in [2.24, 2.45) is 0 Å². The van der Waals surface area contributed by atoms with Crippen LogP contribution in [0.4, 0.5) is 13.2 Å². The molecular formula is C7H4EuF3O2S-. The Morgan fingerprint density at radius 2 is 1.86 bits per heavy atom. The molecule has 0 saturated carbocycles. The average molecular weight is 361 g/mol. The van der Waals surface area contributed by atoms with Crippen molar-refractivity contribution in [3.05, 3.63) is 22.4 Å². The summed E-state index contributed by atoms with van der Waals surface area (Å²) in [5.74, 6) is -1.77. The van der Waals surface area contributed by atoms with Gasteiger partial charge in [-0.1, -0.05) is 6.07 Å². The molecule has 1 heterocycles. The van der Waals surface area contributed by atoms with Gasteiger partial charge >= 0.3 is 6.18 Å². The average Bonchev–Trinajstić information content (AvgIpc) is 2.57. The van der Waals surface area contributed by atoms with E-state index in [9.17, 15) is 18.0 Å². The van der Waals surface area contributed by atoms with E-state index in [1.165, 1.54) is 11.4 Å². The van der Waals surface area contributed by atoms with Crippen molar-refractivity contribution in [1.29, 1.82) is 0 Å². The third-order valence-electron chi connectivity index (χ3n) is 1.00. The van der Waals surface area contributed by atoms with E-state index in [2.05, 4.69) is 6.79 Å². The molecule has 1 aromatic rings. The van der Waals surface area contributed by atoms with Crippen molar-refractivity contribution in [2.75, 3.05) is 0 Å². The number of alkyl halides is 3. The van der Waals surface area contributed by atoms with E-state index in [1.54, 1.807) is 0 Å².